The number of halogens is 1. The van der Waals surface area contributed by atoms with Crippen LogP contribution >= 0.6 is 12.4 Å². The van der Waals surface area contributed by atoms with Crippen molar-refractivity contribution >= 4 is 18.1 Å². The lowest BCUT2D eigenvalue weighted by Crippen LogP contribution is -2.29. The van der Waals surface area contributed by atoms with Gasteiger partial charge in [0.05, 0.1) is 0 Å². The number of nitrogens with one attached hydrogen (secondary N) is 2. The monoisotopic (exact) mass is 212 g/mol. The molecule has 1 aliphatic heterocycles. The van der Waals surface area contributed by atoms with E-state index in [4.69, 9.17) is 0 Å². The second-order valence-corrected chi connectivity index (χ2v) is 3.54. The van der Waals surface area contributed by atoms with Crippen LogP contribution in [-0.2, 0) is 0 Å². The summed E-state index contributed by atoms with van der Waals surface area (Å²) >= 11 is 0. The second kappa shape index (κ2) is 5.89. The molecule has 0 aliphatic carbocycles. The van der Waals surface area contributed by atoms with Gasteiger partial charge in [0.2, 0.25) is 0 Å². The first-order chi connectivity index (χ1) is 6.45. The number of benzene rings is 1. The lowest BCUT2D eigenvalue weighted by Gasteiger charge is -2.12. The van der Waals surface area contributed by atoms with Crippen molar-refractivity contribution in [3.8, 4) is 0 Å². The van der Waals surface area contributed by atoms with Crippen LogP contribution in [-0.4, -0.2) is 19.1 Å². The molecule has 2 N–H and O–H groups in total. The van der Waals surface area contributed by atoms with Crippen LogP contribution in [0.15, 0.2) is 30.3 Å². The number of anilines is 1. The molecule has 0 radical (unpaired) electrons. The van der Waals surface area contributed by atoms with E-state index in [1.807, 2.05) is 6.07 Å². The van der Waals surface area contributed by atoms with Crippen LogP contribution in [0.1, 0.15) is 12.8 Å². The molecule has 1 atom stereocenters. The Bertz CT molecular complexity index is 245. The Morgan fingerprint density at radius 3 is 2.71 bits per heavy atom. The largest absolute Gasteiger partial charge is 0.383 e. The molecule has 2 rings (SSSR count). The van der Waals surface area contributed by atoms with Gasteiger partial charge in [-0.3, -0.25) is 0 Å². The van der Waals surface area contributed by atoms with E-state index in [0.29, 0.717) is 6.04 Å². The molecule has 0 spiro atoms. The van der Waals surface area contributed by atoms with Crippen molar-refractivity contribution in [2.75, 3.05) is 18.4 Å². The predicted molar refractivity (Wildman–Crippen MR) is 63.2 cm³/mol. The van der Waals surface area contributed by atoms with Gasteiger partial charge in [0.15, 0.2) is 0 Å². The third-order valence-corrected chi connectivity index (χ3v) is 2.49. The molecule has 1 saturated heterocycles. The Morgan fingerprint density at radius 2 is 2.07 bits per heavy atom. The summed E-state index contributed by atoms with van der Waals surface area (Å²) in [5.41, 5.74) is 1.22. The first kappa shape index (κ1) is 11.3. The molecule has 0 bridgehead atoms. The summed E-state index contributed by atoms with van der Waals surface area (Å²) in [4.78, 5) is 0. The zero-order valence-electron chi connectivity index (χ0n) is 8.20. The van der Waals surface area contributed by atoms with E-state index in [1.54, 1.807) is 0 Å². The average Bonchev–Trinajstić information content (AvgIpc) is 2.69. The minimum atomic E-state index is 0. The van der Waals surface area contributed by atoms with Gasteiger partial charge < -0.3 is 10.6 Å². The molecule has 0 unspecified atom stereocenters. The molecule has 1 fully saturated rings. The molecule has 1 heterocycles. The fourth-order valence-electron chi connectivity index (χ4n) is 1.73. The van der Waals surface area contributed by atoms with Crippen molar-refractivity contribution in [1.82, 2.24) is 5.32 Å². The molecule has 0 saturated carbocycles. The zero-order valence-corrected chi connectivity index (χ0v) is 9.02. The van der Waals surface area contributed by atoms with Crippen molar-refractivity contribution in [3.63, 3.8) is 0 Å². The Balaban J connectivity index is 0.000000980. The number of hydrogen-bond acceptors (Lipinski definition) is 2. The molecule has 3 heteroatoms. The van der Waals surface area contributed by atoms with Crippen molar-refractivity contribution in [1.29, 1.82) is 0 Å². The van der Waals surface area contributed by atoms with Crippen LogP contribution < -0.4 is 10.6 Å². The van der Waals surface area contributed by atoms with E-state index in [1.165, 1.54) is 25.1 Å². The van der Waals surface area contributed by atoms with Crippen molar-refractivity contribution < 1.29 is 0 Å². The summed E-state index contributed by atoms with van der Waals surface area (Å²) in [6, 6.07) is 11.0. The summed E-state index contributed by atoms with van der Waals surface area (Å²) in [7, 11) is 0. The van der Waals surface area contributed by atoms with Crippen molar-refractivity contribution in [3.05, 3.63) is 30.3 Å². The molecule has 78 valence electrons. The van der Waals surface area contributed by atoms with Gasteiger partial charge in [0, 0.05) is 18.3 Å². The van der Waals surface area contributed by atoms with Gasteiger partial charge in [-0.05, 0) is 31.5 Å². The van der Waals surface area contributed by atoms with Crippen LogP contribution in [0.25, 0.3) is 0 Å². The number of para-hydroxylation sites is 1. The lowest BCUT2D eigenvalue weighted by atomic mass is 10.2. The molecular formula is C11H17ClN2. The van der Waals surface area contributed by atoms with Gasteiger partial charge in [0.1, 0.15) is 0 Å². The highest BCUT2D eigenvalue weighted by Gasteiger charge is 2.12. The first-order valence-electron chi connectivity index (χ1n) is 4.97. The van der Waals surface area contributed by atoms with E-state index < -0.39 is 0 Å². The van der Waals surface area contributed by atoms with E-state index in [0.717, 1.165) is 6.54 Å². The fraction of sp³-hybridized carbons (Fsp3) is 0.455. The van der Waals surface area contributed by atoms with Crippen LogP contribution in [0.4, 0.5) is 5.69 Å². The maximum atomic E-state index is 3.46. The van der Waals surface area contributed by atoms with Crippen LogP contribution in [0.2, 0.25) is 0 Å². The molecule has 1 aromatic rings. The highest BCUT2D eigenvalue weighted by molar-refractivity contribution is 5.85. The first-order valence-corrected chi connectivity index (χ1v) is 4.97. The number of hydrogen-bond donors (Lipinski definition) is 2. The standard InChI is InChI=1S/C11H16N2.ClH/c1-2-5-10(6-3-1)13-9-11-7-4-8-12-11;/h1-3,5-6,11-13H,4,7-9H2;1H/t11-;/m0./s1. The van der Waals surface area contributed by atoms with E-state index in [2.05, 4.69) is 34.9 Å². The minimum absolute atomic E-state index is 0. The normalized spacial score (nSPS) is 20.1. The maximum Gasteiger partial charge on any atom is 0.0340 e. The molecule has 1 aromatic carbocycles. The quantitative estimate of drug-likeness (QED) is 0.804. The van der Waals surface area contributed by atoms with Gasteiger partial charge >= 0.3 is 0 Å². The maximum absolute atomic E-state index is 3.46. The van der Waals surface area contributed by atoms with E-state index in [9.17, 15) is 0 Å². The Kier molecular flexibility index (Phi) is 4.77. The van der Waals surface area contributed by atoms with Crippen molar-refractivity contribution in [2.24, 2.45) is 0 Å². The molecule has 2 nitrogen and oxygen atoms in total. The van der Waals surface area contributed by atoms with Crippen LogP contribution in [0.3, 0.4) is 0 Å². The third-order valence-electron chi connectivity index (χ3n) is 2.49. The minimum Gasteiger partial charge on any atom is -0.383 e. The predicted octanol–water partition coefficient (Wildman–Crippen LogP) is 2.27. The summed E-state index contributed by atoms with van der Waals surface area (Å²) in [6.07, 6.45) is 2.63. The number of rotatable bonds is 3. The molecule has 1 aliphatic rings. The van der Waals surface area contributed by atoms with Gasteiger partial charge in [-0.2, -0.15) is 0 Å². The van der Waals surface area contributed by atoms with Gasteiger partial charge in [-0.25, -0.2) is 0 Å². The topological polar surface area (TPSA) is 24.1 Å². The third kappa shape index (κ3) is 3.20. The van der Waals surface area contributed by atoms with E-state index in [-0.39, 0.29) is 12.4 Å². The highest BCUT2D eigenvalue weighted by atomic mass is 35.5. The van der Waals surface area contributed by atoms with Gasteiger partial charge in [0.25, 0.3) is 0 Å². The summed E-state index contributed by atoms with van der Waals surface area (Å²) in [5.74, 6) is 0. The summed E-state index contributed by atoms with van der Waals surface area (Å²) < 4.78 is 0. The van der Waals surface area contributed by atoms with Crippen molar-refractivity contribution in [2.45, 2.75) is 18.9 Å². The fourth-order valence-corrected chi connectivity index (χ4v) is 1.73. The van der Waals surface area contributed by atoms with Crippen LogP contribution in [0.5, 0.6) is 0 Å². The Labute approximate surface area is 91.5 Å². The molecule has 0 amide bonds. The second-order valence-electron chi connectivity index (χ2n) is 3.54. The molecule has 0 aromatic heterocycles. The Hall–Kier alpha value is -0.730. The SMILES string of the molecule is Cl.c1ccc(NC[C@@H]2CCCN2)cc1. The average molecular weight is 213 g/mol. The summed E-state index contributed by atoms with van der Waals surface area (Å²) in [5, 5.41) is 6.89. The Morgan fingerprint density at radius 1 is 1.29 bits per heavy atom. The zero-order chi connectivity index (χ0) is 8.93. The van der Waals surface area contributed by atoms with Crippen LogP contribution in [0, 0.1) is 0 Å². The lowest BCUT2D eigenvalue weighted by molar-refractivity contribution is 0.633. The van der Waals surface area contributed by atoms with E-state index >= 15 is 0 Å². The smallest absolute Gasteiger partial charge is 0.0340 e. The summed E-state index contributed by atoms with van der Waals surface area (Å²) in [6.45, 7) is 2.23. The highest BCUT2D eigenvalue weighted by Crippen LogP contribution is 2.08. The molecule has 14 heavy (non-hydrogen) atoms. The molecular weight excluding hydrogens is 196 g/mol. The van der Waals surface area contributed by atoms with Gasteiger partial charge in [-0.15, -0.1) is 12.4 Å². The van der Waals surface area contributed by atoms with Gasteiger partial charge in [-0.1, -0.05) is 18.2 Å².